The van der Waals surface area contributed by atoms with Crippen molar-refractivity contribution in [1.82, 2.24) is 4.90 Å². The van der Waals surface area contributed by atoms with Gasteiger partial charge in [0, 0.05) is 6.54 Å². The second-order valence-electron chi connectivity index (χ2n) is 5.56. The van der Waals surface area contributed by atoms with E-state index >= 15 is 0 Å². The molecule has 1 heterocycles. The molecule has 2 atom stereocenters. The molecule has 1 unspecified atom stereocenters. The number of aliphatic imine (C=N–C) groups is 1. The number of nitrogens with two attached hydrogens (primary N) is 1. The molecule has 96 valence electrons. The highest BCUT2D eigenvalue weighted by molar-refractivity contribution is 5.99. The summed E-state index contributed by atoms with van der Waals surface area (Å²) in [5.74, 6) is 1.95. The Morgan fingerprint density at radius 2 is 2.06 bits per heavy atom. The normalized spacial score (nSPS) is 31.4. The fraction of sp³-hybridized carbons (Fsp3) is 0.846. The van der Waals surface area contributed by atoms with E-state index in [1.807, 2.05) is 0 Å². The average molecular weight is 237 g/mol. The molecule has 1 aliphatic heterocycles. The predicted octanol–water partition coefficient (Wildman–Crippen LogP) is 1.75. The highest BCUT2D eigenvalue weighted by Crippen LogP contribution is 2.39. The van der Waals surface area contributed by atoms with Crippen molar-refractivity contribution in [2.45, 2.75) is 52.0 Å². The molecule has 4 heteroatoms. The third kappa shape index (κ3) is 2.31. The predicted molar refractivity (Wildman–Crippen MR) is 68.5 cm³/mol. The molecule has 0 saturated heterocycles. The van der Waals surface area contributed by atoms with Gasteiger partial charge in [-0.2, -0.15) is 0 Å². The average Bonchev–Trinajstić information content (AvgIpc) is 2.99. The quantitative estimate of drug-likeness (QED) is 0.809. The van der Waals surface area contributed by atoms with Gasteiger partial charge in [0.1, 0.15) is 0 Å². The smallest absolute Gasteiger partial charge is 0.231 e. The van der Waals surface area contributed by atoms with Crippen molar-refractivity contribution in [3.63, 3.8) is 0 Å². The Balaban J connectivity index is 2.12. The maximum absolute atomic E-state index is 12.2. The van der Waals surface area contributed by atoms with Crippen molar-refractivity contribution in [3.05, 3.63) is 0 Å². The van der Waals surface area contributed by atoms with Gasteiger partial charge >= 0.3 is 0 Å². The van der Waals surface area contributed by atoms with E-state index in [-0.39, 0.29) is 11.4 Å². The summed E-state index contributed by atoms with van der Waals surface area (Å²) in [7, 11) is 0. The molecule has 4 nitrogen and oxygen atoms in total. The van der Waals surface area contributed by atoms with Gasteiger partial charge in [-0.3, -0.25) is 9.69 Å². The Labute approximate surface area is 103 Å². The summed E-state index contributed by atoms with van der Waals surface area (Å²) >= 11 is 0. The molecule has 17 heavy (non-hydrogen) atoms. The zero-order chi connectivity index (χ0) is 12.6. The van der Waals surface area contributed by atoms with Crippen LogP contribution < -0.4 is 5.73 Å². The summed E-state index contributed by atoms with van der Waals surface area (Å²) in [5, 5.41) is 0. The van der Waals surface area contributed by atoms with Crippen molar-refractivity contribution in [1.29, 1.82) is 0 Å². The maximum atomic E-state index is 12.2. The number of carbonyl (C=O) groups excluding carboxylic acids is 1. The number of nitrogens with zero attached hydrogens (tertiary/aromatic N) is 2. The molecule has 1 fully saturated rings. The third-order valence-corrected chi connectivity index (χ3v) is 4.42. The second-order valence-corrected chi connectivity index (χ2v) is 5.56. The SMILES string of the molecule is CCC1(CC)CC(=O)N(C[C@H]2CC2C)C(N)=N1. The first-order valence-electron chi connectivity index (χ1n) is 6.67. The minimum Gasteiger partial charge on any atom is -0.369 e. The largest absolute Gasteiger partial charge is 0.369 e. The summed E-state index contributed by atoms with van der Waals surface area (Å²) in [6.07, 6.45) is 3.48. The lowest BCUT2D eigenvalue weighted by atomic mass is 9.88. The number of guanidine groups is 1. The second kappa shape index (κ2) is 4.31. The van der Waals surface area contributed by atoms with Gasteiger partial charge in [0.25, 0.3) is 0 Å². The Morgan fingerprint density at radius 3 is 2.47 bits per heavy atom. The van der Waals surface area contributed by atoms with Gasteiger partial charge in [-0.25, -0.2) is 4.99 Å². The molecule has 0 aromatic rings. The number of hydrogen-bond donors (Lipinski definition) is 1. The molecule has 0 radical (unpaired) electrons. The molecule has 1 aliphatic carbocycles. The summed E-state index contributed by atoms with van der Waals surface area (Å²) in [6.45, 7) is 7.13. The van der Waals surface area contributed by atoms with Crippen LogP contribution >= 0.6 is 0 Å². The zero-order valence-corrected chi connectivity index (χ0v) is 11.1. The summed E-state index contributed by atoms with van der Waals surface area (Å²) in [6, 6.07) is 0. The van der Waals surface area contributed by atoms with E-state index in [2.05, 4.69) is 25.8 Å². The van der Waals surface area contributed by atoms with E-state index in [9.17, 15) is 4.79 Å². The van der Waals surface area contributed by atoms with Crippen LogP contribution in [0.2, 0.25) is 0 Å². The van der Waals surface area contributed by atoms with Gasteiger partial charge in [0.15, 0.2) is 5.96 Å². The van der Waals surface area contributed by atoms with Crippen LogP contribution in [-0.2, 0) is 4.79 Å². The standard InChI is InChI=1S/C13H23N3O/c1-4-13(5-2)7-11(17)16(12(14)15-13)8-10-6-9(10)3/h9-10H,4-8H2,1-3H3,(H2,14,15)/t9?,10-/m1/s1. The van der Waals surface area contributed by atoms with Crippen LogP contribution in [0.25, 0.3) is 0 Å². The molecule has 0 bridgehead atoms. The first-order chi connectivity index (χ1) is 8.01. The van der Waals surface area contributed by atoms with E-state index in [4.69, 9.17) is 5.73 Å². The van der Waals surface area contributed by atoms with E-state index in [1.54, 1.807) is 4.90 Å². The number of carbonyl (C=O) groups is 1. The molecular formula is C13H23N3O. The monoisotopic (exact) mass is 237 g/mol. The molecule has 0 aromatic carbocycles. The van der Waals surface area contributed by atoms with Crippen LogP contribution in [0.1, 0.15) is 46.5 Å². The molecule has 0 spiro atoms. The van der Waals surface area contributed by atoms with Crippen molar-refractivity contribution >= 4 is 11.9 Å². The van der Waals surface area contributed by atoms with Gasteiger partial charge < -0.3 is 5.73 Å². The Bertz CT molecular complexity index is 347. The Kier molecular flexibility index (Phi) is 3.15. The lowest BCUT2D eigenvalue weighted by Crippen LogP contribution is -2.52. The molecule has 2 N–H and O–H groups in total. The van der Waals surface area contributed by atoms with E-state index in [0.29, 0.717) is 18.3 Å². The van der Waals surface area contributed by atoms with Gasteiger partial charge in [-0.1, -0.05) is 20.8 Å². The van der Waals surface area contributed by atoms with E-state index < -0.39 is 0 Å². The lowest BCUT2D eigenvalue weighted by Gasteiger charge is -2.36. The van der Waals surface area contributed by atoms with Gasteiger partial charge in [0.05, 0.1) is 12.0 Å². The molecule has 2 aliphatic rings. The van der Waals surface area contributed by atoms with E-state index in [1.165, 1.54) is 6.42 Å². The highest BCUT2D eigenvalue weighted by atomic mass is 16.2. The summed E-state index contributed by atoms with van der Waals surface area (Å²) in [5.41, 5.74) is 5.73. The fourth-order valence-electron chi connectivity index (χ4n) is 2.59. The van der Waals surface area contributed by atoms with Crippen molar-refractivity contribution in [2.24, 2.45) is 22.6 Å². The van der Waals surface area contributed by atoms with Gasteiger partial charge in [-0.15, -0.1) is 0 Å². The number of hydrogen-bond acceptors (Lipinski definition) is 3. The van der Waals surface area contributed by atoms with Gasteiger partial charge in [0.2, 0.25) is 5.91 Å². The van der Waals surface area contributed by atoms with Crippen LogP contribution in [0.4, 0.5) is 0 Å². The third-order valence-electron chi connectivity index (χ3n) is 4.42. The summed E-state index contributed by atoms with van der Waals surface area (Å²) in [4.78, 5) is 18.5. The first kappa shape index (κ1) is 12.4. The highest BCUT2D eigenvalue weighted by Gasteiger charge is 2.41. The number of amides is 1. The zero-order valence-electron chi connectivity index (χ0n) is 11.1. The maximum Gasteiger partial charge on any atom is 0.231 e. The van der Waals surface area contributed by atoms with Crippen LogP contribution in [0.3, 0.4) is 0 Å². The van der Waals surface area contributed by atoms with Crippen LogP contribution in [-0.4, -0.2) is 28.9 Å². The lowest BCUT2D eigenvalue weighted by molar-refractivity contribution is -0.129. The van der Waals surface area contributed by atoms with Crippen molar-refractivity contribution in [3.8, 4) is 0 Å². The van der Waals surface area contributed by atoms with Gasteiger partial charge in [-0.05, 0) is 31.1 Å². The van der Waals surface area contributed by atoms with Crippen LogP contribution in [0.5, 0.6) is 0 Å². The fourth-order valence-corrected chi connectivity index (χ4v) is 2.59. The Morgan fingerprint density at radius 1 is 1.47 bits per heavy atom. The molecule has 2 rings (SSSR count). The topological polar surface area (TPSA) is 58.7 Å². The molecule has 0 aromatic heterocycles. The van der Waals surface area contributed by atoms with Crippen molar-refractivity contribution < 1.29 is 4.79 Å². The Hall–Kier alpha value is -1.06. The molecular weight excluding hydrogens is 214 g/mol. The minimum absolute atomic E-state index is 0.153. The molecule has 1 saturated carbocycles. The van der Waals surface area contributed by atoms with Crippen LogP contribution in [0, 0.1) is 11.8 Å². The molecule has 1 amide bonds. The van der Waals surface area contributed by atoms with Crippen LogP contribution in [0.15, 0.2) is 4.99 Å². The van der Waals surface area contributed by atoms with Crippen molar-refractivity contribution in [2.75, 3.05) is 6.54 Å². The summed E-state index contributed by atoms with van der Waals surface area (Å²) < 4.78 is 0. The van der Waals surface area contributed by atoms with E-state index in [0.717, 1.165) is 25.3 Å². The first-order valence-corrected chi connectivity index (χ1v) is 6.67. The minimum atomic E-state index is -0.243. The number of rotatable bonds is 4.